The minimum absolute atomic E-state index is 0.106. The first-order valence-corrected chi connectivity index (χ1v) is 6.11. The molecular formula is C11H13IO2. The lowest BCUT2D eigenvalue weighted by atomic mass is 10.2. The van der Waals surface area contributed by atoms with Crippen molar-refractivity contribution in [3.8, 4) is 0 Å². The third-order valence-corrected chi connectivity index (χ3v) is 2.52. The maximum Gasteiger partial charge on any atom is 0.306 e. The number of alkyl halides is 1. The van der Waals surface area contributed by atoms with Gasteiger partial charge < -0.3 is 4.74 Å². The molecular weight excluding hydrogens is 291 g/mol. The van der Waals surface area contributed by atoms with Crippen molar-refractivity contribution in [3.05, 3.63) is 35.9 Å². The van der Waals surface area contributed by atoms with Gasteiger partial charge in [0.15, 0.2) is 0 Å². The quantitative estimate of drug-likeness (QED) is 0.475. The van der Waals surface area contributed by atoms with Crippen LogP contribution in [0, 0.1) is 0 Å². The van der Waals surface area contributed by atoms with E-state index in [2.05, 4.69) is 22.6 Å². The van der Waals surface area contributed by atoms with Crippen molar-refractivity contribution in [2.45, 2.75) is 19.4 Å². The van der Waals surface area contributed by atoms with Crippen LogP contribution < -0.4 is 0 Å². The molecule has 2 nitrogen and oxygen atoms in total. The number of halogens is 1. The van der Waals surface area contributed by atoms with Gasteiger partial charge >= 0.3 is 5.97 Å². The Bertz CT molecular complexity index is 272. The van der Waals surface area contributed by atoms with Gasteiger partial charge in [0.2, 0.25) is 0 Å². The first-order chi connectivity index (χ1) is 6.83. The number of benzene rings is 1. The molecule has 0 aliphatic heterocycles. The van der Waals surface area contributed by atoms with E-state index in [-0.39, 0.29) is 5.97 Å². The molecule has 0 saturated heterocycles. The summed E-state index contributed by atoms with van der Waals surface area (Å²) in [5, 5.41) is 0. The van der Waals surface area contributed by atoms with Crippen LogP contribution in [0.3, 0.4) is 0 Å². The largest absolute Gasteiger partial charge is 0.461 e. The summed E-state index contributed by atoms with van der Waals surface area (Å²) in [6, 6.07) is 9.72. The highest BCUT2D eigenvalue weighted by atomic mass is 127. The van der Waals surface area contributed by atoms with Crippen LogP contribution in [0.4, 0.5) is 0 Å². The number of hydrogen-bond acceptors (Lipinski definition) is 2. The molecule has 1 aromatic carbocycles. The number of carbonyl (C=O) groups excluding carboxylic acids is 1. The van der Waals surface area contributed by atoms with E-state index in [0.717, 1.165) is 16.4 Å². The second-order valence-electron chi connectivity index (χ2n) is 2.94. The van der Waals surface area contributed by atoms with Crippen LogP contribution in [0.25, 0.3) is 0 Å². The molecule has 0 radical (unpaired) electrons. The maximum absolute atomic E-state index is 11.1. The summed E-state index contributed by atoms with van der Waals surface area (Å²) in [5.41, 5.74) is 1.04. The van der Waals surface area contributed by atoms with Crippen molar-refractivity contribution < 1.29 is 9.53 Å². The molecule has 0 aliphatic rings. The molecule has 0 aromatic heterocycles. The van der Waals surface area contributed by atoms with Crippen LogP contribution in [0.5, 0.6) is 0 Å². The summed E-state index contributed by atoms with van der Waals surface area (Å²) in [4.78, 5) is 11.1. The normalized spacial score (nSPS) is 9.79. The van der Waals surface area contributed by atoms with Gasteiger partial charge in [0, 0.05) is 10.8 Å². The van der Waals surface area contributed by atoms with E-state index in [1.807, 2.05) is 30.3 Å². The van der Waals surface area contributed by atoms with Crippen molar-refractivity contribution in [3.63, 3.8) is 0 Å². The van der Waals surface area contributed by atoms with Crippen LogP contribution in [0.2, 0.25) is 0 Å². The minimum Gasteiger partial charge on any atom is -0.461 e. The second kappa shape index (κ2) is 6.81. The molecule has 0 unspecified atom stereocenters. The molecule has 76 valence electrons. The predicted molar refractivity (Wildman–Crippen MR) is 64.4 cm³/mol. The fourth-order valence-corrected chi connectivity index (χ4v) is 1.40. The summed E-state index contributed by atoms with van der Waals surface area (Å²) in [6.45, 7) is 0.390. The summed E-state index contributed by atoms with van der Waals surface area (Å²) in [5.74, 6) is -0.106. The predicted octanol–water partition coefficient (Wildman–Crippen LogP) is 2.95. The lowest BCUT2D eigenvalue weighted by Crippen LogP contribution is -2.04. The van der Waals surface area contributed by atoms with Crippen molar-refractivity contribution in [1.82, 2.24) is 0 Å². The first kappa shape index (κ1) is 11.5. The van der Waals surface area contributed by atoms with Gasteiger partial charge in [-0.15, -0.1) is 0 Å². The van der Waals surface area contributed by atoms with Crippen LogP contribution in [-0.2, 0) is 16.1 Å². The Balaban J connectivity index is 2.24. The molecule has 0 aliphatic carbocycles. The molecule has 1 rings (SSSR count). The topological polar surface area (TPSA) is 26.3 Å². The molecule has 0 bridgehead atoms. The molecule has 1 aromatic rings. The average molecular weight is 304 g/mol. The van der Waals surface area contributed by atoms with E-state index < -0.39 is 0 Å². The SMILES string of the molecule is O=C(CCCI)OCc1ccccc1. The molecule has 0 spiro atoms. The lowest BCUT2D eigenvalue weighted by molar-refractivity contribution is -0.144. The van der Waals surface area contributed by atoms with Crippen molar-refractivity contribution in [2.75, 3.05) is 4.43 Å². The minimum atomic E-state index is -0.106. The summed E-state index contributed by atoms with van der Waals surface area (Å²) >= 11 is 2.25. The van der Waals surface area contributed by atoms with Gasteiger partial charge in [0.05, 0.1) is 0 Å². The highest BCUT2D eigenvalue weighted by molar-refractivity contribution is 14.1. The Hall–Kier alpha value is -0.580. The summed E-state index contributed by atoms with van der Waals surface area (Å²) < 4.78 is 6.09. The average Bonchev–Trinajstić information content (AvgIpc) is 2.25. The number of hydrogen-bond donors (Lipinski definition) is 0. The smallest absolute Gasteiger partial charge is 0.306 e. The zero-order valence-electron chi connectivity index (χ0n) is 7.91. The molecule has 3 heteroatoms. The third-order valence-electron chi connectivity index (χ3n) is 1.76. The molecule has 0 N–H and O–H groups in total. The summed E-state index contributed by atoms with van der Waals surface area (Å²) in [6.07, 6.45) is 1.42. The highest BCUT2D eigenvalue weighted by Crippen LogP contribution is 2.03. The fraction of sp³-hybridized carbons (Fsp3) is 0.364. The monoisotopic (exact) mass is 304 g/mol. The van der Waals surface area contributed by atoms with Gasteiger partial charge in [-0.1, -0.05) is 52.9 Å². The Kier molecular flexibility index (Phi) is 5.59. The number of rotatable bonds is 5. The number of carbonyl (C=O) groups is 1. The maximum atomic E-state index is 11.1. The summed E-state index contributed by atoms with van der Waals surface area (Å²) in [7, 11) is 0. The molecule has 0 amide bonds. The van der Waals surface area contributed by atoms with E-state index in [4.69, 9.17) is 4.74 Å². The Labute approximate surface area is 97.8 Å². The number of ether oxygens (including phenoxy) is 1. The van der Waals surface area contributed by atoms with Crippen molar-refractivity contribution >= 4 is 28.6 Å². The van der Waals surface area contributed by atoms with E-state index in [1.165, 1.54) is 0 Å². The molecule has 0 fully saturated rings. The van der Waals surface area contributed by atoms with Crippen LogP contribution in [-0.4, -0.2) is 10.4 Å². The van der Waals surface area contributed by atoms with E-state index >= 15 is 0 Å². The van der Waals surface area contributed by atoms with E-state index in [9.17, 15) is 4.79 Å². The number of esters is 1. The molecule has 0 heterocycles. The first-order valence-electron chi connectivity index (χ1n) is 4.58. The van der Waals surface area contributed by atoms with Crippen molar-refractivity contribution in [2.24, 2.45) is 0 Å². The highest BCUT2D eigenvalue weighted by Gasteiger charge is 2.01. The fourth-order valence-electron chi connectivity index (χ4n) is 1.02. The van der Waals surface area contributed by atoms with Crippen LogP contribution >= 0.6 is 22.6 Å². The Morgan fingerprint density at radius 2 is 2.00 bits per heavy atom. The van der Waals surface area contributed by atoms with E-state index in [1.54, 1.807) is 0 Å². The van der Waals surface area contributed by atoms with Gasteiger partial charge in [-0.25, -0.2) is 0 Å². The standard InChI is InChI=1S/C11H13IO2/c12-8-4-7-11(13)14-9-10-5-2-1-3-6-10/h1-3,5-6H,4,7-9H2. The molecule has 0 atom stereocenters. The molecule has 14 heavy (non-hydrogen) atoms. The van der Waals surface area contributed by atoms with Gasteiger partial charge in [0.25, 0.3) is 0 Å². The van der Waals surface area contributed by atoms with Gasteiger partial charge in [-0.3, -0.25) is 4.79 Å². The Morgan fingerprint density at radius 3 is 2.64 bits per heavy atom. The van der Waals surface area contributed by atoms with Crippen molar-refractivity contribution in [1.29, 1.82) is 0 Å². The Morgan fingerprint density at radius 1 is 1.29 bits per heavy atom. The lowest BCUT2D eigenvalue weighted by Gasteiger charge is -2.03. The van der Waals surface area contributed by atoms with Gasteiger partial charge in [0.1, 0.15) is 6.61 Å². The third kappa shape index (κ3) is 4.60. The van der Waals surface area contributed by atoms with Crippen LogP contribution in [0.1, 0.15) is 18.4 Å². The second-order valence-corrected chi connectivity index (χ2v) is 4.02. The van der Waals surface area contributed by atoms with Gasteiger partial charge in [-0.05, 0) is 12.0 Å². The molecule has 0 saturated carbocycles. The zero-order valence-corrected chi connectivity index (χ0v) is 10.1. The van der Waals surface area contributed by atoms with Gasteiger partial charge in [-0.2, -0.15) is 0 Å². The zero-order chi connectivity index (χ0) is 10.2. The van der Waals surface area contributed by atoms with Crippen LogP contribution in [0.15, 0.2) is 30.3 Å². The van der Waals surface area contributed by atoms with E-state index in [0.29, 0.717) is 13.0 Å².